The fourth-order valence-corrected chi connectivity index (χ4v) is 5.56. The number of likely N-dealkylation sites (tertiary alicyclic amines) is 1. The fourth-order valence-electron chi connectivity index (χ4n) is 4.40. The maximum atomic E-state index is 11.7. The molecule has 4 nitrogen and oxygen atoms in total. The molecule has 30 heavy (non-hydrogen) atoms. The molecule has 2 heterocycles. The summed E-state index contributed by atoms with van der Waals surface area (Å²) in [7, 11) is 0. The van der Waals surface area contributed by atoms with Crippen molar-refractivity contribution in [1.82, 2.24) is 10.2 Å². The van der Waals surface area contributed by atoms with E-state index in [1.54, 1.807) is 0 Å². The molecule has 0 atom stereocenters. The Labute approximate surface area is 182 Å². The molecule has 4 rings (SSSR count). The minimum absolute atomic E-state index is 0.470. The number of rotatable bonds is 8. The Kier molecular flexibility index (Phi) is 6.82. The molecule has 2 N–H and O–H groups in total. The van der Waals surface area contributed by atoms with Crippen molar-refractivity contribution in [1.29, 1.82) is 0 Å². The Balaban J connectivity index is 1.25. The molecule has 1 saturated heterocycles. The lowest BCUT2D eigenvalue weighted by Gasteiger charge is -2.32. The Morgan fingerprint density at radius 2 is 1.93 bits per heavy atom. The van der Waals surface area contributed by atoms with E-state index in [-0.39, 0.29) is 0 Å². The zero-order valence-corrected chi connectivity index (χ0v) is 18.4. The molecule has 1 fully saturated rings. The lowest BCUT2D eigenvalue weighted by atomic mass is 9.93. The second-order valence-corrected chi connectivity index (χ2v) is 9.44. The minimum atomic E-state index is -0.823. The number of aromatic carboxylic acids is 1. The third kappa shape index (κ3) is 5.09. The van der Waals surface area contributed by atoms with Gasteiger partial charge in [-0.15, -0.1) is 11.3 Å². The second-order valence-electron chi connectivity index (χ2n) is 8.39. The van der Waals surface area contributed by atoms with Gasteiger partial charge in [-0.3, -0.25) is 4.90 Å². The summed E-state index contributed by atoms with van der Waals surface area (Å²) < 4.78 is 1.06. The normalized spacial score (nSPS) is 15.6. The number of hydrogen-bond acceptors (Lipinski definition) is 4. The number of piperidine rings is 1. The first-order chi connectivity index (χ1) is 14.6. The van der Waals surface area contributed by atoms with Gasteiger partial charge < -0.3 is 10.4 Å². The van der Waals surface area contributed by atoms with E-state index in [4.69, 9.17) is 0 Å². The number of hydrogen-bond donors (Lipinski definition) is 2. The molecule has 0 bridgehead atoms. The van der Waals surface area contributed by atoms with Crippen molar-refractivity contribution in [2.45, 2.75) is 39.3 Å². The number of carboxylic acids is 1. The van der Waals surface area contributed by atoms with Crippen LogP contribution in [0.25, 0.3) is 10.1 Å². The molecular weight excluding hydrogens is 392 g/mol. The van der Waals surface area contributed by atoms with Crippen LogP contribution in [-0.4, -0.2) is 35.6 Å². The van der Waals surface area contributed by atoms with Crippen LogP contribution in [0.1, 0.15) is 45.6 Å². The number of thiophene rings is 1. The summed E-state index contributed by atoms with van der Waals surface area (Å²) in [5.74, 6) is -0.0678. The number of carbonyl (C=O) groups is 1. The SMILES string of the molecule is Cc1ccc2c(CNCCC3CCN(Cc4ccccc4)CC3)c(C(=O)O)sc2c1. The number of benzene rings is 2. The lowest BCUT2D eigenvalue weighted by Crippen LogP contribution is -2.34. The Bertz CT molecular complexity index is 991. The monoisotopic (exact) mass is 422 g/mol. The van der Waals surface area contributed by atoms with Crippen molar-refractivity contribution in [2.24, 2.45) is 5.92 Å². The van der Waals surface area contributed by atoms with Gasteiger partial charge in [0.15, 0.2) is 0 Å². The van der Waals surface area contributed by atoms with E-state index >= 15 is 0 Å². The molecule has 5 heteroatoms. The maximum Gasteiger partial charge on any atom is 0.346 e. The van der Waals surface area contributed by atoms with E-state index in [9.17, 15) is 9.90 Å². The first kappa shape index (κ1) is 21.0. The summed E-state index contributed by atoms with van der Waals surface area (Å²) in [4.78, 5) is 14.7. The first-order valence-corrected chi connectivity index (χ1v) is 11.6. The van der Waals surface area contributed by atoms with Gasteiger partial charge >= 0.3 is 5.97 Å². The van der Waals surface area contributed by atoms with Crippen LogP contribution >= 0.6 is 11.3 Å². The molecule has 0 saturated carbocycles. The number of nitrogens with one attached hydrogen (secondary N) is 1. The molecule has 0 aliphatic carbocycles. The van der Waals surface area contributed by atoms with Crippen LogP contribution in [0, 0.1) is 12.8 Å². The van der Waals surface area contributed by atoms with Crippen LogP contribution < -0.4 is 5.32 Å². The van der Waals surface area contributed by atoms with Gasteiger partial charge in [0.05, 0.1) is 0 Å². The van der Waals surface area contributed by atoms with Crippen molar-refractivity contribution in [3.8, 4) is 0 Å². The van der Waals surface area contributed by atoms with E-state index in [0.717, 1.165) is 54.2 Å². The van der Waals surface area contributed by atoms with Crippen molar-refractivity contribution >= 4 is 27.4 Å². The van der Waals surface area contributed by atoms with Gasteiger partial charge in [0.1, 0.15) is 4.88 Å². The molecule has 158 valence electrons. The topological polar surface area (TPSA) is 52.6 Å². The van der Waals surface area contributed by atoms with Gasteiger partial charge in [0.2, 0.25) is 0 Å². The Hall–Kier alpha value is -2.21. The highest BCUT2D eigenvalue weighted by Crippen LogP contribution is 2.32. The molecule has 0 spiro atoms. The van der Waals surface area contributed by atoms with E-state index in [2.05, 4.69) is 58.7 Å². The van der Waals surface area contributed by atoms with Crippen LogP contribution in [0.4, 0.5) is 0 Å². The van der Waals surface area contributed by atoms with E-state index < -0.39 is 5.97 Å². The van der Waals surface area contributed by atoms with Crippen LogP contribution in [0.15, 0.2) is 48.5 Å². The maximum absolute atomic E-state index is 11.7. The molecule has 0 amide bonds. The van der Waals surface area contributed by atoms with Crippen LogP contribution in [0.2, 0.25) is 0 Å². The predicted octanol–water partition coefficient (Wildman–Crippen LogP) is 5.30. The zero-order chi connectivity index (χ0) is 20.9. The lowest BCUT2D eigenvalue weighted by molar-refractivity contribution is 0.0701. The summed E-state index contributed by atoms with van der Waals surface area (Å²) in [5, 5.41) is 14.2. The first-order valence-electron chi connectivity index (χ1n) is 10.8. The van der Waals surface area contributed by atoms with Crippen molar-refractivity contribution < 1.29 is 9.90 Å². The highest BCUT2D eigenvalue weighted by atomic mass is 32.1. The zero-order valence-electron chi connectivity index (χ0n) is 17.6. The van der Waals surface area contributed by atoms with Crippen LogP contribution in [0.3, 0.4) is 0 Å². The van der Waals surface area contributed by atoms with E-state index in [1.165, 1.54) is 35.3 Å². The second kappa shape index (κ2) is 9.73. The van der Waals surface area contributed by atoms with Crippen LogP contribution in [0.5, 0.6) is 0 Å². The van der Waals surface area contributed by atoms with Gasteiger partial charge in [0, 0.05) is 17.8 Å². The number of fused-ring (bicyclic) bond motifs is 1. The summed E-state index contributed by atoms with van der Waals surface area (Å²) in [5.41, 5.74) is 3.49. The number of aryl methyl sites for hydroxylation is 1. The molecule has 1 aliphatic rings. The van der Waals surface area contributed by atoms with Gasteiger partial charge in [-0.1, -0.05) is 42.5 Å². The fraction of sp³-hybridized carbons (Fsp3) is 0.400. The summed E-state index contributed by atoms with van der Waals surface area (Å²) >= 11 is 1.39. The standard InChI is InChI=1S/C25H30N2O2S/c1-18-7-8-21-22(24(25(28)29)30-23(21)15-18)16-26-12-9-19-10-13-27(14-11-19)17-20-5-3-2-4-6-20/h2-8,15,19,26H,9-14,16-17H2,1H3,(H,28,29). The van der Waals surface area contributed by atoms with Gasteiger partial charge in [-0.05, 0) is 79.9 Å². The molecule has 1 aliphatic heterocycles. The molecular formula is C25H30N2O2S. The Morgan fingerprint density at radius 1 is 1.17 bits per heavy atom. The van der Waals surface area contributed by atoms with Crippen molar-refractivity contribution in [3.05, 3.63) is 70.1 Å². The molecule has 3 aromatic rings. The molecule has 0 radical (unpaired) electrons. The summed E-state index contributed by atoms with van der Waals surface area (Å²) in [6.07, 6.45) is 3.65. The van der Waals surface area contributed by atoms with Gasteiger partial charge in [-0.2, -0.15) is 0 Å². The van der Waals surface area contributed by atoms with Crippen LogP contribution in [-0.2, 0) is 13.1 Å². The Morgan fingerprint density at radius 3 is 2.67 bits per heavy atom. The molecule has 2 aromatic carbocycles. The smallest absolute Gasteiger partial charge is 0.346 e. The van der Waals surface area contributed by atoms with Crippen molar-refractivity contribution in [3.63, 3.8) is 0 Å². The highest BCUT2D eigenvalue weighted by Gasteiger charge is 2.20. The average Bonchev–Trinajstić information content (AvgIpc) is 3.11. The molecule has 1 aromatic heterocycles. The summed E-state index contributed by atoms with van der Waals surface area (Å²) in [6.45, 7) is 6.98. The number of nitrogens with zero attached hydrogens (tertiary/aromatic N) is 1. The third-order valence-electron chi connectivity index (χ3n) is 6.13. The number of carboxylic acid groups (broad SMARTS) is 1. The minimum Gasteiger partial charge on any atom is -0.477 e. The molecule has 0 unspecified atom stereocenters. The quantitative estimate of drug-likeness (QED) is 0.484. The largest absolute Gasteiger partial charge is 0.477 e. The average molecular weight is 423 g/mol. The van der Waals surface area contributed by atoms with Gasteiger partial charge in [-0.25, -0.2) is 4.79 Å². The third-order valence-corrected chi connectivity index (χ3v) is 7.31. The predicted molar refractivity (Wildman–Crippen MR) is 124 cm³/mol. The van der Waals surface area contributed by atoms with E-state index in [1.807, 2.05) is 6.92 Å². The highest BCUT2D eigenvalue weighted by molar-refractivity contribution is 7.21. The van der Waals surface area contributed by atoms with E-state index in [0.29, 0.717) is 11.4 Å². The van der Waals surface area contributed by atoms with Gasteiger partial charge in [0.25, 0.3) is 0 Å². The van der Waals surface area contributed by atoms with Crippen molar-refractivity contribution in [2.75, 3.05) is 19.6 Å². The summed E-state index contributed by atoms with van der Waals surface area (Å²) in [6, 6.07) is 16.9.